The second-order valence-electron chi connectivity index (χ2n) is 7.60. The SMILES string of the molecule is CON=C(C)COc1ccc(Cc2cc(C3OC(OC)C(O)C(O)C3O)ccc2Cl)cc1. The summed E-state index contributed by atoms with van der Waals surface area (Å²) in [6, 6.07) is 12.9. The predicted molar refractivity (Wildman–Crippen MR) is 119 cm³/mol. The predicted octanol–water partition coefficient (Wildman–Crippen LogP) is 2.46. The van der Waals surface area contributed by atoms with Crippen LogP contribution in [-0.2, 0) is 20.7 Å². The van der Waals surface area contributed by atoms with E-state index in [1.807, 2.05) is 37.3 Å². The molecule has 32 heavy (non-hydrogen) atoms. The van der Waals surface area contributed by atoms with Crippen LogP contribution < -0.4 is 4.74 Å². The molecule has 0 saturated carbocycles. The molecule has 174 valence electrons. The monoisotopic (exact) mass is 465 g/mol. The molecule has 5 unspecified atom stereocenters. The fraction of sp³-hybridized carbons (Fsp3) is 0.435. The molecular weight excluding hydrogens is 438 g/mol. The fourth-order valence-electron chi connectivity index (χ4n) is 3.52. The number of rotatable bonds is 8. The van der Waals surface area contributed by atoms with Crippen LogP contribution in [0.2, 0.25) is 5.02 Å². The van der Waals surface area contributed by atoms with E-state index in [2.05, 4.69) is 5.16 Å². The Hall–Kier alpha value is -2.20. The number of oxime groups is 1. The van der Waals surface area contributed by atoms with Crippen LogP contribution in [0.5, 0.6) is 5.75 Å². The molecule has 1 heterocycles. The summed E-state index contributed by atoms with van der Waals surface area (Å²) in [4.78, 5) is 4.71. The molecule has 0 bridgehead atoms. The highest BCUT2D eigenvalue weighted by molar-refractivity contribution is 6.31. The zero-order chi connectivity index (χ0) is 23.3. The molecule has 0 aromatic heterocycles. The van der Waals surface area contributed by atoms with Gasteiger partial charge in [0, 0.05) is 12.1 Å². The average Bonchev–Trinajstić information content (AvgIpc) is 2.79. The van der Waals surface area contributed by atoms with Crippen LogP contribution in [-0.4, -0.2) is 66.5 Å². The van der Waals surface area contributed by atoms with Crippen LogP contribution in [0.15, 0.2) is 47.6 Å². The van der Waals surface area contributed by atoms with Crippen molar-refractivity contribution in [1.29, 1.82) is 0 Å². The first-order valence-corrected chi connectivity index (χ1v) is 10.5. The van der Waals surface area contributed by atoms with Gasteiger partial charge in [-0.25, -0.2) is 0 Å². The fourth-order valence-corrected chi connectivity index (χ4v) is 3.70. The molecule has 5 atom stereocenters. The number of aliphatic hydroxyl groups excluding tert-OH is 3. The molecule has 8 nitrogen and oxygen atoms in total. The quantitative estimate of drug-likeness (QED) is 0.405. The Kier molecular flexibility index (Phi) is 8.47. The number of ether oxygens (including phenoxy) is 3. The molecule has 2 aromatic carbocycles. The Morgan fingerprint density at radius 3 is 2.41 bits per heavy atom. The number of halogens is 1. The zero-order valence-corrected chi connectivity index (χ0v) is 18.9. The number of benzene rings is 2. The molecule has 1 aliphatic heterocycles. The van der Waals surface area contributed by atoms with Crippen LogP contribution in [0.1, 0.15) is 29.7 Å². The number of nitrogens with zero attached hydrogens (tertiary/aromatic N) is 1. The smallest absolute Gasteiger partial charge is 0.186 e. The maximum atomic E-state index is 10.4. The molecule has 0 spiro atoms. The topological polar surface area (TPSA) is 110 Å². The largest absolute Gasteiger partial charge is 0.488 e. The van der Waals surface area contributed by atoms with Crippen molar-refractivity contribution in [2.45, 2.75) is 44.1 Å². The standard InChI is InChI=1S/C23H28ClNO7/c1-13(25-30-3)12-31-17-7-4-14(5-8-17)10-16-11-15(6-9-18(16)24)22-20(27)19(26)21(28)23(29-2)32-22/h4-9,11,19-23,26-28H,10,12H2,1-3H3. The van der Waals surface area contributed by atoms with Crippen LogP contribution >= 0.6 is 11.6 Å². The van der Waals surface area contributed by atoms with E-state index in [0.29, 0.717) is 29.4 Å². The Morgan fingerprint density at radius 2 is 1.75 bits per heavy atom. The second-order valence-corrected chi connectivity index (χ2v) is 8.01. The lowest BCUT2D eigenvalue weighted by Gasteiger charge is -2.40. The van der Waals surface area contributed by atoms with Gasteiger partial charge in [0.05, 0.1) is 5.71 Å². The third-order valence-electron chi connectivity index (χ3n) is 5.21. The van der Waals surface area contributed by atoms with Crippen LogP contribution in [0.4, 0.5) is 0 Å². The zero-order valence-electron chi connectivity index (χ0n) is 18.1. The molecule has 1 fully saturated rings. The lowest BCUT2D eigenvalue weighted by Crippen LogP contribution is -2.54. The highest BCUT2D eigenvalue weighted by atomic mass is 35.5. The molecule has 9 heteroatoms. The van der Waals surface area contributed by atoms with E-state index in [4.69, 9.17) is 30.6 Å². The Bertz CT molecular complexity index is 919. The Labute approximate surface area is 191 Å². The van der Waals surface area contributed by atoms with E-state index >= 15 is 0 Å². The molecule has 0 aliphatic carbocycles. The summed E-state index contributed by atoms with van der Waals surface area (Å²) in [5, 5.41) is 34.9. The van der Waals surface area contributed by atoms with Crippen molar-refractivity contribution < 1.29 is 34.4 Å². The third kappa shape index (κ3) is 5.78. The number of aliphatic hydroxyl groups is 3. The van der Waals surface area contributed by atoms with Crippen molar-refractivity contribution in [3.63, 3.8) is 0 Å². The lowest BCUT2D eigenvalue weighted by molar-refractivity contribution is -0.292. The van der Waals surface area contributed by atoms with E-state index in [1.165, 1.54) is 14.2 Å². The van der Waals surface area contributed by atoms with E-state index in [0.717, 1.165) is 16.8 Å². The van der Waals surface area contributed by atoms with Crippen molar-refractivity contribution in [2.24, 2.45) is 5.16 Å². The van der Waals surface area contributed by atoms with Gasteiger partial charge in [-0.2, -0.15) is 0 Å². The van der Waals surface area contributed by atoms with Gasteiger partial charge in [0.2, 0.25) is 0 Å². The maximum Gasteiger partial charge on any atom is 0.186 e. The third-order valence-corrected chi connectivity index (χ3v) is 5.58. The molecule has 0 radical (unpaired) electrons. The van der Waals surface area contributed by atoms with Crippen LogP contribution in [0.25, 0.3) is 0 Å². The summed E-state index contributed by atoms with van der Waals surface area (Å²) >= 11 is 6.41. The van der Waals surface area contributed by atoms with Gasteiger partial charge in [0.25, 0.3) is 0 Å². The minimum atomic E-state index is -1.40. The summed E-state index contributed by atoms with van der Waals surface area (Å²) in [6.45, 7) is 2.14. The van der Waals surface area contributed by atoms with E-state index in [1.54, 1.807) is 12.1 Å². The highest BCUT2D eigenvalue weighted by Gasteiger charge is 2.44. The molecule has 3 rings (SSSR count). The van der Waals surface area contributed by atoms with Crippen molar-refractivity contribution in [3.8, 4) is 5.75 Å². The van der Waals surface area contributed by atoms with Gasteiger partial charge in [-0.1, -0.05) is 41.0 Å². The number of hydrogen-bond donors (Lipinski definition) is 3. The molecule has 3 N–H and O–H groups in total. The molecular formula is C23H28ClNO7. The lowest BCUT2D eigenvalue weighted by atomic mass is 9.92. The van der Waals surface area contributed by atoms with Crippen LogP contribution in [0.3, 0.4) is 0 Å². The van der Waals surface area contributed by atoms with Gasteiger partial charge in [-0.15, -0.1) is 0 Å². The van der Waals surface area contributed by atoms with Crippen LogP contribution in [0, 0.1) is 0 Å². The van der Waals surface area contributed by atoms with Gasteiger partial charge in [-0.3, -0.25) is 0 Å². The first-order valence-electron chi connectivity index (χ1n) is 10.1. The minimum absolute atomic E-state index is 0.327. The normalized spacial score (nSPS) is 26.1. The maximum absolute atomic E-state index is 10.4. The number of hydrogen-bond acceptors (Lipinski definition) is 8. The van der Waals surface area contributed by atoms with Crippen molar-refractivity contribution >= 4 is 17.3 Å². The minimum Gasteiger partial charge on any atom is -0.488 e. The Morgan fingerprint density at radius 1 is 1.03 bits per heavy atom. The molecule has 1 aliphatic rings. The second kappa shape index (κ2) is 11.1. The molecule has 1 saturated heterocycles. The molecule has 0 amide bonds. The van der Waals surface area contributed by atoms with Gasteiger partial charge >= 0.3 is 0 Å². The first kappa shape index (κ1) is 24.4. The summed E-state index contributed by atoms with van der Waals surface area (Å²) in [6.07, 6.45) is -5.44. The highest BCUT2D eigenvalue weighted by Crippen LogP contribution is 2.34. The van der Waals surface area contributed by atoms with Gasteiger partial charge in [0.1, 0.15) is 43.9 Å². The van der Waals surface area contributed by atoms with E-state index < -0.39 is 30.7 Å². The van der Waals surface area contributed by atoms with Crippen molar-refractivity contribution in [2.75, 3.05) is 20.8 Å². The van der Waals surface area contributed by atoms with Gasteiger partial charge in [-0.05, 0) is 48.2 Å². The Balaban J connectivity index is 1.73. The summed E-state index contributed by atoms with van der Waals surface area (Å²) < 4.78 is 16.4. The van der Waals surface area contributed by atoms with Gasteiger partial charge < -0.3 is 34.4 Å². The summed E-state index contributed by atoms with van der Waals surface area (Å²) in [5.41, 5.74) is 3.18. The van der Waals surface area contributed by atoms with Crippen molar-refractivity contribution in [1.82, 2.24) is 0 Å². The van der Waals surface area contributed by atoms with Gasteiger partial charge in [0.15, 0.2) is 6.29 Å². The average molecular weight is 466 g/mol. The van der Waals surface area contributed by atoms with E-state index in [-0.39, 0.29) is 0 Å². The molecule has 2 aromatic rings. The number of methoxy groups -OCH3 is 1. The summed E-state index contributed by atoms with van der Waals surface area (Å²) in [5.74, 6) is 0.705. The summed E-state index contributed by atoms with van der Waals surface area (Å²) in [7, 11) is 2.85. The first-order chi connectivity index (χ1) is 15.3. The van der Waals surface area contributed by atoms with E-state index in [9.17, 15) is 15.3 Å². The van der Waals surface area contributed by atoms with Crippen molar-refractivity contribution in [3.05, 3.63) is 64.2 Å².